The minimum absolute atomic E-state index is 0.138. The summed E-state index contributed by atoms with van der Waals surface area (Å²) in [5, 5.41) is 12.9. The lowest BCUT2D eigenvalue weighted by atomic mass is 9.95. The Hall–Kier alpha value is -2.05. The van der Waals surface area contributed by atoms with Crippen molar-refractivity contribution in [3.63, 3.8) is 0 Å². The Morgan fingerprint density at radius 1 is 1.31 bits per heavy atom. The minimum atomic E-state index is -1.17. The molecule has 26 heavy (non-hydrogen) atoms. The summed E-state index contributed by atoms with van der Waals surface area (Å²) in [5.41, 5.74) is 3.17. The molecule has 0 spiro atoms. The molecule has 2 atom stereocenters. The molecule has 0 aliphatic carbocycles. The average Bonchev–Trinajstić information content (AvgIpc) is 2.98. The van der Waals surface area contributed by atoms with Gasteiger partial charge in [0.15, 0.2) is 0 Å². The molecule has 0 aromatic heterocycles. The number of nitrogens with zero attached hydrogens (tertiary/aromatic N) is 2. The number of hydrazine groups is 1. The van der Waals surface area contributed by atoms with Crippen LogP contribution < -0.4 is 5.43 Å². The topological polar surface area (TPSA) is 65.0 Å². The van der Waals surface area contributed by atoms with Crippen LogP contribution in [0.2, 0.25) is 0 Å². The summed E-state index contributed by atoms with van der Waals surface area (Å²) in [6.07, 6.45) is 1.43. The van der Waals surface area contributed by atoms with E-state index in [0.29, 0.717) is 6.54 Å². The molecule has 1 aliphatic heterocycles. The van der Waals surface area contributed by atoms with Crippen LogP contribution in [0.4, 0.5) is 4.79 Å². The van der Waals surface area contributed by atoms with Gasteiger partial charge < -0.3 is 14.9 Å². The first kappa shape index (κ1) is 20.3. The van der Waals surface area contributed by atoms with Gasteiger partial charge in [-0.15, -0.1) is 0 Å². The highest BCUT2D eigenvalue weighted by atomic mass is 16.6. The van der Waals surface area contributed by atoms with Gasteiger partial charge in [0.1, 0.15) is 11.2 Å². The van der Waals surface area contributed by atoms with E-state index >= 15 is 0 Å². The number of amides is 1. The molecule has 2 N–H and O–H groups in total. The third-order valence-corrected chi connectivity index (χ3v) is 4.42. The molecule has 1 aliphatic rings. The third kappa shape index (κ3) is 5.22. The maximum Gasteiger partial charge on any atom is 0.410 e. The first-order valence-electron chi connectivity index (χ1n) is 8.94. The summed E-state index contributed by atoms with van der Waals surface area (Å²) in [4.78, 5) is 14.5. The largest absolute Gasteiger partial charge is 0.444 e. The van der Waals surface area contributed by atoms with E-state index in [2.05, 4.69) is 5.43 Å². The number of nitrogens with one attached hydrogen (secondary N) is 1. The SMILES string of the molecule is CC(c1ccccc1)N(CC(C)(O)C1=CN(C)NC1)C(=O)OC(C)(C)C. The number of carbonyl (C=O) groups is 1. The molecule has 1 amide bonds. The number of benzene rings is 1. The lowest BCUT2D eigenvalue weighted by Gasteiger charge is -2.37. The molecule has 0 radical (unpaired) electrons. The van der Waals surface area contributed by atoms with E-state index in [0.717, 1.165) is 11.1 Å². The van der Waals surface area contributed by atoms with Gasteiger partial charge in [-0.25, -0.2) is 10.2 Å². The molecule has 1 aromatic rings. The van der Waals surface area contributed by atoms with E-state index in [-0.39, 0.29) is 12.6 Å². The second-order valence-electron chi connectivity index (χ2n) is 8.07. The summed E-state index contributed by atoms with van der Waals surface area (Å²) in [5.74, 6) is 0. The van der Waals surface area contributed by atoms with Gasteiger partial charge in [0.25, 0.3) is 0 Å². The maximum absolute atomic E-state index is 12.9. The standard InChI is InChI=1S/C20H31N3O3/c1-15(16-10-8-7-9-11-16)23(18(24)26-19(2,3)4)14-20(5,25)17-12-21-22(6)13-17/h7-11,13,15,21,25H,12,14H2,1-6H3. The van der Waals surface area contributed by atoms with Crippen LogP contribution in [0.3, 0.4) is 0 Å². The van der Waals surface area contributed by atoms with E-state index in [1.807, 2.05) is 76.3 Å². The molecule has 6 nitrogen and oxygen atoms in total. The number of aliphatic hydroxyl groups is 1. The number of ether oxygens (including phenoxy) is 1. The van der Waals surface area contributed by atoms with Crippen molar-refractivity contribution in [2.24, 2.45) is 0 Å². The first-order valence-corrected chi connectivity index (χ1v) is 8.94. The lowest BCUT2D eigenvalue weighted by Crippen LogP contribution is -2.48. The van der Waals surface area contributed by atoms with Crippen LogP contribution in [-0.2, 0) is 4.74 Å². The average molecular weight is 361 g/mol. The first-order chi connectivity index (χ1) is 12.0. The fourth-order valence-electron chi connectivity index (χ4n) is 2.89. The van der Waals surface area contributed by atoms with E-state index in [4.69, 9.17) is 4.74 Å². The number of hydrogen-bond donors (Lipinski definition) is 2. The van der Waals surface area contributed by atoms with E-state index in [9.17, 15) is 9.90 Å². The van der Waals surface area contributed by atoms with Crippen LogP contribution in [-0.4, -0.2) is 52.4 Å². The Labute approximate surface area is 156 Å². The van der Waals surface area contributed by atoms with Crippen molar-refractivity contribution in [1.29, 1.82) is 0 Å². The molecule has 1 aromatic carbocycles. The van der Waals surface area contributed by atoms with Gasteiger partial charge in [-0.05, 0) is 45.8 Å². The van der Waals surface area contributed by atoms with Gasteiger partial charge in [-0.3, -0.25) is 4.90 Å². The van der Waals surface area contributed by atoms with Crippen molar-refractivity contribution in [1.82, 2.24) is 15.3 Å². The zero-order chi connectivity index (χ0) is 19.5. The van der Waals surface area contributed by atoms with Crippen molar-refractivity contribution in [2.45, 2.75) is 51.9 Å². The van der Waals surface area contributed by atoms with Crippen LogP contribution in [0.15, 0.2) is 42.1 Å². The summed E-state index contributed by atoms with van der Waals surface area (Å²) in [7, 11) is 1.88. The van der Waals surface area contributed by atoms with E-state index in [1.165, 1.54) is 0 Å². The monoisotopic (exact) mass is 361 g/mol. The van der Waals surface area contributed by atoms with Crippen molar-refractivity contribution >= 4 is 6.09 Å². The highest BCUT2D eigenvalue weighted by Gasteiger charge is 2.36. The molecule has 2 unspecified atom stereocenters. The number of hydrogen-bond acceptors (Lipinski definition) is 5. The Bertz CT molecular complexity index is 650. The number of rotatable bonds is 5. The van der Waals surface area contributed by atoms with Crippen molar-refractivity contribution in [3.8, 4) is 0 Å². The van der Waals surface area contributed by atoms with E-state index < -0.39 is 17.3 Å². The molecule has 0 saturated heterocycles. The second kappa shape index (κ2) is 7.68. The van der Waals surface area contributed by atoms with Crippen LogP contribution in [0.5, 0.6) is 0 Å². The zero-order valence-electron chi connectivity index (χ0n) is 16.6. The minimum Gasteiger partial charge on any atom is -0.444 e. The smallest absolute Gasteiger partial charge is 0.410 e. The Kier molecular flexibility index (Phi) is 5.98. The highest BCUT2D eigenvalue weighted by Crippen LogP contribution is 2.28. The van der Waals surface area contributed by atoms with Crippen LogP contribution >= 0.6 is 0 Å². The van der Waals surface area contributed by atoms with Gasteiger partial charge in [0, 0.05) is 19.8 Å². The molecule has 0 fully saturated rings. The van der Waals surface area contributed by atoms with Crippen molar-refractivity contribution < 1.29 is 14.6 Å². The fraction of sp³-hybridized carbons (Fsp3) is 0.550. The predicted molar refractivity (Wildman–Crippen MR) is 102 cm³/mol. The molecule has 0 bridgehead atoms. The van der Waals surface area contributed by atoms with Gasteiger partial charge in [0.2, 0.25) is 0 Å². The normalized spacial score (nSPS) is 18.1. The maximum atomic E-state index is 12.9. The van der Waals surface area contributed by atoms with Crippen molar-refractivity contribution in [3.05, 3.63) is 47.7 Å². The molecule has 2 rings (SSSR count). The Morgan fingerprint density at radius 3 is 2.42 bits per heavy atom. The molecule has 1 heterocycles. The summed E-state index contributed by atoms with van der Waals surface area (Å²) < 4.78 is 5.60. The quantitative estimate of drug-likeness (QED) is 0.844. The summed E-state index contributed by atoms with van der Waals surface area (Å²) in [6, 6.07) is 9.53. The van der Waals surface area contributed by atoms with Gasteiger partial charge in [0.05, 0.1) is 12.6 Å². The van der Waals surface area contributed by atoms with Crippen LogP contribution in [0.25, 0.3) is 0 Å². The fourth-order valence-corrected chi connectivity index (χ4v) is 2.89. The van der Waals surface area contributed by atoms with Gasteiger partial charge in [-0.1, -0.05) is 30.3 Å². The number of carbonyl (C=O) groups excluding carboxylic acids is 1. The summed E-state index contributed by atoms with van der Waals surface area (Å²) in [6.45, 7) is 9.88. The highest BCUT2D eigenvalue weighted by molar-refractivity contribution is 5.69. The third-order valence-electron chi connectivity index (χ3n) is 4.42. The zero-order valence-corrected chi connectivity index (χ0v) is 16.6. The molecule has 144 valence electrons. The van der Waals surface area contributed by atoms with Gasteiger partial charge in [-0.2, -0.15) is 0 Å². The molecular weight excluding hydrogens is 330 g/mol. The lowest BCUT2D eigenvalue weighted by molar-refractivity contribution is -0.00830. The predicted octanol–water partition coefficient (Wildman–Crippen LogP) is 3.07. The van der Waals surface area contributed by atoms with Crippen molar-refractivity contribution in [2.75, 3.05) is 20.1 Å². The van der Waals surface area contributed by atoms with Crippen LogP contribution in [0.1, 0.15) is 46.2 Å². The summed E-state index contributed by atoms with van der Waals surface area (Å²) >= 11 is 0. The Morgan fingerprint density at radius 2 is 1.92 bits per heavy atom. The Balaban J connectivity index is 2.28. The molecular formula is C20H31N3O3. The van der Waals surface area contributed by atoms with Gasteiger partial charge >= 0.3 is 6.09 Å². The van der Waals surface area contributed by atoms with Crippen LogP contribution in [0, 0.1) is 0 Å². The van der Waals surface area contributed by atoms with E-state index in [1.54, 1.807) is 11.8 Å². The second-order valence-corrected chi connectivity index (χ2v) is 8.07. The molecule has 0 saturated carbocycles. The molecule has 6 heteroatoms.